The third-order valence-corrected chi connectivity index (χ3v) is 5.49. The van der Waals surface area contributed by atoms with E-state index in [0.29, 0.717) is 13.2 Å². The maximum atomic E-state index is 13.4. The monoisotopic (exact) mass is 406 g/mol. The van der Waals surface area contributed by atoms with Crippen molar-refractivity contribution in [1.29, 1.82) is 0 Å². The molecule has 1 aliphatic rings. The van der Waals surface area contributed by atoms with Crippen molar-refractivity contribution in [2.75, 3.05) is 46.4 Å². The van der Waals surface area contributed by atoms with Gasteiger partial charge >= 0.3 is 0 Å². The Labute approximate surface area is 170 Å². The molecule has 1 fully saturated rings. The molecule has 0 aliphatic carbocycles. The quantitative estimate of drug-likeness (QED) is 0.565. The van der Waals surface area contributed by atoms with Gasteiger partial charge in [-0.05, 0) is 60.7 Å². The van der Waals surface area contributed by atoms with Crippen molar-refractivity contribution in [1.82, 2.24) is 10.2 Å². The van der Waals surface area contributed by atoms with Gasteiger partial charge in [0.05, 0.1) is 32.8 Å². The summed E-state index contributed by atoms with van der Waals surface area (Å²) in [6.45, 7) is 4.72. The van der Waals surface area contributed by atoms with E-state index in [9.17, 15) is 8.78 Å². The average Bonchev–Trinajstić information content (AvgIpc) is 2.71. The number of thiocarbonyl (C=S) groups is 1. The molecule has 3 rings (SSSR count). The number of nitrogens with zero attached hydrogens (tertiary/aromatic N) is 1. The van der Waals surface area contributed by atoms with Gasteiger partial charge in [-0.1, -0.05) is 0 Å². The Morgan fingerprint density at radius 2 is 1.54 bits per heavy atom. The van der Waals surface area contributed by atoms with Crippen molar-refractivity contribution >= 4 is 17.3 Å². The molecule has 0 spiro atoms. The third kappa shape index (κ3) is 5.25. The molecule has 7 heteroatoms. The van der Waals surface area contributed by atoms with Crippen LogP contribution in [0.4, 0.5) is 8.78 Å². The highest BCUT2D eigenvalue weighted by atomic mass is 32.1. The van der Waals surface area contributed by atoms with E-state index in [1.54, 1.807) is 7.11 Å². The van der Waals surface area contributed by atoms with Gasteiger partial charge in [-0.3, -0.25) is 0 Å². The van der Waals surface area contributed by atoms with E-state index in [2.05, 4.69) is 10.2 Å². The van der Waals surface area contributed by atoms with Crippen LogP contribution in [-0.2, 0) is 4.74 Å². The van der Waals surface area contributed by atoms with Gasteiger partial charge in [0.15, 0.2) is 5.11 Å². The van der Waals surface area contributed by atoms with Gasteiger partial charge in [-0.25, -0.2) is 8.78 Å². The maximum absolute atomic E-state index is 13.4. The molecule has 4 nitrogen and oxygen atoms in total. The molecule has 1 aliphatic heterocycles. The summed E-state index contributed by atoms with van der Waals surface area (Å²) in [5.41, 5.74) is 2.05. The number of ether oxygens (including phenoxy) is 1. The standard InChI is InChI=1S/C21H25F2N3OS/c1-27-15-10-24-21(28)26-13-11-25(12-14-26)20(16-2-6-18(22)7-3-16)17-4-8-19(23)9-5-17/h2-9,20H,10-15H2,1H3,(H,24,28)/p+1. The number of rotatable bonds is 6. The molecule has 0 saturated carbocycles. The molecule has 0 amide bonds. The van der Waals surface area contributed by atoms with Gasteiger partial charge in [0.2, 0.25) is 0 Å². The minimum absolute atomic E-state index is 0.0263. The molecule has 1 heterocycles. The van der Waals surface area contributed by atoms with Crippen LogP contribution in [0, 0.1) is 11.6 Å². The predicted molar refractivity (Wildman–Crippen MR) is 109 cm³/mol. The lowest BCUT2D eigenvalue weighted by molar-refractivity contribution is -0.929. The highest BCUT2D eigenvalue weighted by Gasteiger charge is 2.30. The van der Waals surface area contributed by atoms with Gasteiger partial charge < -0.3 is 19.9 Å². The van der Waals surface area contributed by atoms with Crippen LogP contribution >= 0.6 is 12.2 Å². The van der Waals surface area contributed by atoms with Crippen LogP contribution in [0.5, 0.6) is 0 Å². The Hall–Kier alpha value is -2.09. The van der Waals surface area contributed by atoms with Gasteiger partial charge in [-0.15, -0.1) is 0 Å². The minimum Gasteiger partial charge on any atom is -0.383 e. The first-order valence-corrected chi connectivity index (χ1v) is 9.86. The predicted octanol–water partition coefficient (Wildman–Crippen LogP) is 1.78. The van der Waals surface area contributed by atoms with Crippen molar-refractivity contribution < 1.29 is 18.4 Å². The summed E-state index contributed by atoms with van der Waals surface area (Å²) >= 11 is 5.47. The molecule has 0 atom stereocenters. The summed E-state index contributed by atoms with van der Waals surface area (Å²) in [6.07, 6.45) is 0. The first-order valence-electron chi connectivity index (χ1n) is 9.45. The fourth-order valence-electron chi connectivity index (χ4n) is 3.63. The first kappa shape index (κ1) is 20.6. The van der Waals surface area contributed by atoms with E-state index < -0.39 is 0 Å². The summed E-state index contributed by atoms with van der Waals surface area (Å²) < 4.78 is 31.9. The normalized spacial score (nSPS) is 15.1. The zero-order valence-corrected chi connectivity index (χ0v) is 16.8. The number of hydrogen-bond acceptors (Lipinski definition) is 2. The Morgan fingerprint density at radius 3 is 2.00 bits per heavy atom. The Bertz CT molecular complexity index is 717. The second-order valence-corrected chi connectivity index (χ2v) is 7.29. The second kappa shape index (κ2) is 9.91. The number of piperazine rings is 1. The average molecular weight is 407 g/mol. The third-order valence-electron chi connectivity index (χ3n) is 5.09. The van der Waals surface area contributed by atoms with Crippen LogP contribution < -0.4 is 10.2 Å². The Balaban J connectivity index is 1.72. The first-order chi connectivity index (χ1) is 13.6. The van der Waals surface area contributed by atoms with E-state index in [4.69, 9.17) is 17.0 Å². The van der Waals surface area contributed by atoms with Gasteiger partial charge in [0.25, 0.3) is 0 Å². The SMILES string of the molecule is COCCNC(=S)N1CC[NH+](C(c2ccc(F)cc2)c2ccc(F)cc2)CC1. The van der Waals surface area contributed by atoms with Crippen LogP contribution in [0.15, 0.2) is 48.5 Å². The molecule has 2 N–H and O–H groups in total. The van der Waals surface area contributed by atoms with Crippen molar-refractivity contribution in [3.8, 4) is 0 Å². The van der Waals surface area contributed by atoms with Gasteiger partial charge in [0.1, 0.15) is 17.7 Å². The van der Waals surface area contributed by atoms with E-state index >= 15 is 0 Å². The molecule has 0 unspecified atom stereocenters. The fraction of sp³-hybridized carbons (Fsp3) is 0.381. The highest BCUT2D eigenvalue weighted by molar-refractivity contribution is 7.80. The summed E-state index contributed by atoms with van der Waals surface area (Å²) in [7, 11) is 1.66. The van der Waals surface area contributed by atoms with Crippen molar-refractivity contribution in [2.45, 2.75) is 6.04 Å². The molecule has 0 bridgehead atoms. The van der Waals surface area contributed by atoms with Crippen LogP contribution in [0.2, 0.25) is 0 Å². The minimum atomic E-state index is -0.256. The molecule has 2 aromatic carbocycles. The van der Waals surface area contributed by atoms with Gasteiger partial charge in [-0.2, -0.15) is 0 Å². The van der Waals surface area contributed by atoms with E-state index in [1.165, 1.54) is 29.2 Å². The summed E-state index contributed by atoms with van der Waals surface area (Å²) in [6, 6.07) is 13.2. The van der Waals surface area contributed by atoms with Gasteiger partial charge in [0, 0.05) is 24.8 Å². The zero-order chi connectivity index (χ0) is 19.9. The number of quaternary nitrogens is 1. The largest absolute Gasteiger partial charge is 0.383 e. The van der Waals surface area contributed by atoms with E-state index in [0.717, 1.165) is 42.4 Å². The lowest BCUT2D eigenvalue weighted by Gasteiger charge is -2.38. The van der Waals surface area contributed by atoms with E-state index in [-0.39, 0.29) is 17.7 Å². The zero-order valence-electron chi connectivity index (χ0n) is 16.0. The summed E-state index contributed by atoms with van der Waals surface area (Å²) in [4.78, 5) is 3.52. The molecule has 150 valence electrons. The van der Waals surface area contributed by atoms with Crippen molar-refractivity contribution in [3.05, 3.63) is 71.3 Å². The lowest BCUT2D eigenvalue weighted by atomic mass is 9.96. The van der Waals surface area contributed by atoms with Crippen LogP contribution in [-0.4, -0.2) is 56.5 Å². The lowest BCUT2D eigenvalue weighted by Crippen LogP contribution is -3.15. The number of hydrogen-bond donors (Lipinski definition) is 2. The van der Waals surface area contributed by atoms with Crippen LogP contribution in [0.25, 0.3) is 0 Å². The summed E-state index contributed by atoms with van der Waals surface area (Å²) in [5, 5.41) is 3.96. The smallest absolute Gasteiger partial charge is 0.169 e. The molecule has 0 radical (unpaired) electrons. The molecule has 1 saturated heterocycles. The van der Waals surface area contributed by atoms with Crippen molar-refractivity contribution in [3.63, 3.8) is 0 Å². The molecular weight excluding hydrogens is 380 g/mol. The molecule has 2 aromatic rings. The molecule has 28 heavy (non-hydrogen) atoms. The molecular formula is C21H26F2N3OS+. The topological polar surface area (TPSA) is 28.9 Å². The second-order valence-electron chi connectivity index (χ2n) is 6.91. The number of methoxy groups -OCH3 is 1. The number of halogens is 2. The molecule has 0 aromatic heterocycles. The fourth-order valence-corrected chi connectivity index (χ4v) is 3.92. The maximum Gasteiger partial charge on any atom is 0.169 e. The number of benzene rings is 2. The Morgan fingerprint density at radius 1 is 1.04 bits per heavy atom. The van der Waals surface area contributed by atoms with Crippen LogP contribution in [0.3, 0.4) is 0 Å². The van der Waals surface area contributed by atoms with Crippen molar-refractivity contribution in [2.24, 2.45) is 0 Å². The summed E-state index contributed by atoms with van der Waals surface area (Å²) in [5.74, 6) is -0.511. The van der Waals surface area contributed by atoms with E-state index in [1.807, 2.05) is 24.3 Å². The Kier molecular flexibility index (Phi) is 7.30. The highest BCUT2D eigenvalue weighted by Crippen LogP contribution is 2.20. The van der Waals surface area contributed by atoms with Crippen LogP contribution in [0.1, 0.15) is 17.2 Å². The number of nitrogens with one attached hydrogen (secondary N) is 2.